The van der Waals surface area contributed by atoms with E-state index in [-0.39, 0.29) is 27.3 Å². The van der Waals surface area contributed by atoms with Gasteiger partial charge in [0.25, 0.3) is 0 Å². The summed E-state index contributed by atoms with van der Waals surface area (Å²) in [4.78, 5) is 27.2. The maximum Gasteiger partial charge on any atom is 0.417 e. The number of benzene rings is 1. The van der Waals surface area contributed by atoms with Crippen molar-refractivity contribution in [3.8, 4) is 17.1 Å². The zero-order valence-electron chi connectivity index (χ0n) is 20.0. The lowest BCUT2D eigenvalue weighted by atomic mass is 10.1. The van der Waals surface area contributed by atoms with Gasteiger partial charge in [0.2, 0.25) is 11.8 Å². The summed E-state index contributed by atoms with van der Waals surface area (Å²) < 4.78 is 53.9. The van der Waals surface area contributed by atoms with Crippen LogP contribution in [0.2, 0.25) is 0 Å². The first kappa shape index (κ1) is 25.0. The fourth-order valence-electron chi connectivity index (χ4n) is 4.11. The highest BCUT2D eigenvalue weighted by atomic mass is 32.1. The van der Waals surface area contributed by atoms with Crippen LogP contribution in [0.1, 0.15) is 12.5 Å². The summed E-state index contributed by atoms with van der Waals surface area (Å²) >= 11 is 1.07. The summed E-state index contributed by atoms with van der Waals surface area (Å²) in [5.41, 5.74) is 0.382. The number of carbonyl (C=O) groups is 1. The molecule has 4 heterocycles. The number of thiophene rings is 1. The number of hydrogen-bond donors (Lipinski definition) is 2. The first-order valence-electron chi connectivity index (χ1n) is 11.5. The lowest BCUT2D eigenvalue weighted by Crippen LogP contribution is -2.44. The standard InChI is InChI=1S/C24H23F3N6O3S/c1-3-36-20-19-18(31-22(32-20)33-10-8-28-9-11-33)17-15(24(25,26)27)12-16(30-21(17)37-19)13-4-6-14(7-5-13)29-23(34)35-2/h4-7,12,28H,3,8-11H2,1-2H3,(H,29,34). The lowest BCUT2D eigenvalue weighted by Gasteiger charge is -2.27. The Bertz CT molecular complexity index is 1450. The molecule has 37 heavy (non-hydrogen) atoms. The van der Waals surface area contributed by atoms with Crippen molar-refractivity contribution in [1.82, 2.24) is 20.3 Å². The summed E-state index contributed by atoms with van der Waals surface area (Å²) in [5.74, 6) is 0.583. The monoisotopic (exact) mass is 532 g/mol. The van der Waals surface area contributed by atoms with Gasteiger partial charge in [-0.2, -0.15) is 18.2 Å². The van der Waals surface area contributed by atoms with Gasteiger partial charge in [-0.1, -0.05) is 12.1 Å². The number of piperazine rings is 1. The number of aromatic nitrogens is 3. The summed E-state index contributed by atoms with van der Waals surface area (Å²) in [7, 11) is 1.24. The van der Waals surface area contributed by atoms with E-state index < -0.39 is 17.8 Å². The number of rotatable bonds is 5. The normalized spacial score (nSPS) is 14.2. The molecule has 3 aromatic heterocycles. The van der Waals surface area contributed by atoms with Crippen LogP contribution < -0.4 is 20.3 Å². The second kappa shape index (κ2) is 9.98. The van der Waals surface area contributed by atoms with Crippen molar-refractivity contribution in [2.24, 2.45) is 0 Å². The van der Waals surface area contributed by atoms with Crippen LogP contribution in [-0.2, 0) is 10.9 Å². The number of nitrogens with zero attached hydrogens (tertiary/aromatic N) is 4. The zero-order chi connectivity index (χ0) is 26.2. The number of fused-ring (bicyclic) bond motifs is 3. The molecule has 1 aliphatic rings. The fraction of sp³-hybridized carbons (Fsp3) is 0.333. The van der Waals surface area contributed by atoms with Gasteiger partial charge in [0, 0.05) is 37.4 Å². The van der Waals surface area contributed by atoms with Crippen molar-refractivity contribution >= 4 is 49.5 Å². The van der Waals surface area contributed by atoms with Gasteiger partial charge in [0.05, 0.1) is 30.4 Å². The highest BCUT2D eigenvalue weighted by Gasteiger charge is 2.36. The average molecular weight is 533 g/mol. The molecule has 5 rings (SSSR count). The molecule has 0 unspecified atom stereocenters. The molecule has 0 spiro atoms. The Morgan fingerprint density at radius 1 is 1.16 bits per heavy atom. The molecule has 13 heteroatoms. The Balaban J connectivity index is 1.68. The number of alkyl halides is 3. The molecule has 0 aliphatic carbocycles. The van der Waals surface area contributed by atoms with Crippen LogP contribution >= 0.6 is 11.3 Å². The Morgan fingerprint density at radius 2 is 1.89 bits per heavy atom. The minimum Gasteiger partial charge on any atom is -0.477 e. The van der Waals surface area contributed by atoms with Crippen LogP contribution in [0.3, 0.4) is 0 Å². The smallest absolute Gasteiger partial charge is 0.417 e. The quantitative estimate of drug-likeness (QED) is 0.374. The van der Waals surface area contributed by atoms with E-state index in [1.165, 1.54) is 7.11 Å². The van der Waals surface area contributed by atoms with E-state index in [1.807, 2.05) is 4.90 Å². The predicted molar refractivity (Wildman–Crippen MR) is 135 cm³/mol. The number of carbonyl (C=O) groups excluding carboxylic acids is 1. The molecule has 1 aliphatic heterocycles. The van der Waals surface area contributed by atoms with Gasteiger partial charge in [-0.05, 0) is 25.1 Å². The topological polar surface area (TPSA) is 102 Å². The van der Waals surface area contributed by atoms with E-state index in [4.69, 9.17) is 4.74 Å². The maximum atomic E-state index is 14.4. The molecular weight excluding hydrogens is 509 g/mol. The average Bonchev–Trinajstić information content (AvgIpc) is 3.27. The number of ether oxygens (including phenoxy) is 2. The highest BCUT2D eigenvalue weighted by molar-refractivity contribution is 7.25. The van der Waals surface area contributed by atoms with E-state index in [0.29, 0.717) is 41.6 Å². The van der Waals surface area contributed by atoms with E-state index in [2.05, 4.69) is 30.3 Å². The van der Waals surface area contributed by atoms with Crippen molar-refractivity contribution < 1.29 is 27.4 Å². The number of hydrogen-bond acceptors (Lipinski definition) is 9. The summed E-state index contributed by atoms with van der Waals surface area (Å²) in [6.45, 7) is 4.81. The van der Waals surface area contributed by atoms with Gasteiger partial charge in [-0.3, -0.25) is 5.32 Å². The molecule has 4 aromatic rings. The largest absolute Gasteiger partial charge is 0.477 e. The minimum atomic E-state index is -4.65. The van der Waals surface area contributed by atoms with Crippen molar-refractivity contribution in [1.29, 1.82) is 0 Å². The number of amides is 1. The molecule has 0 radical (unpaired) electrons. The first-order valence-corrected chi connectivity index (χ1v) is 12.4. The van der Waals surface area contributed by atoms with Gasteiger partial charge in [0.15, 0.2) is 0 Å². The minimum absolute atomic E-state index is 0.0695. The molecule has 0 bridgehead atoms. The van der Waals surface area contributed by atoms with Crippen molar-refractivity contribution in [2.75, 3.05) is 50.1 Å². The Kier molecular flexibility index (Phi) is 6.73. The number of nitrogens with one attached hydrogen (secondary N) is 2. The number of anilines is 2. The van der Waals surface area contributed by atoms with E-state index in [9.17, 15) is 18.0 Å². The van der Waals surface area contributed by atoms with Crippen LogP contribution in [0.4, 0.5) is 29.6 Å². The molecule has 2 N–H and O–H groups in total. The van der Waals surface area contributed by atoms with Gasteiger partial charge in [0.1, 0.15) is 15.0 Å². The van der Waals surface area contributed by atoms with Crippen molar-refractivity contribution in [2.45, 2.75) is 13.1 Å². The third-order valence-electron chi connectivity index (χ3n) is 5.84. The zero-order valence-corrected chi connectivity index (χ0v) is 20.8. The summed E-state index contributed by atoms with van der Waals surface area (Å²) in [5, 5.41) is 5.68. The van der Waals surface area contributed by atoms with Crippen LogP contribution in [0, 0.1) is 0 Å². The Hall–Kier alpha value is -3.71. The SMILES string of the molecule is CCOc1nc(N2CCNCC2)nc2c1sc1nc(-c3ccc(NC(=O)OC)cc3)cc(C(F)(F)F)c12. The molecule has 0 atom stereocenters. The third-order valence-corrected chi connectivity index (χ3v) is 6.90. The van der Waals surface area contributed by atoms with E-state index >= 15 is 0 Å². The number of methoxy groups -OCH3 is 1. The van der Waals surface area contributed by atoms with Crippen molar-refractivity contribution in [3.63, 3.8) is 0 Å². The molecule has 194 valence electrons. The Labute approximate surface area is 213 Å². The molecule has 9 nitrogen and oxygen atoms in total. The van der Waals surface area contributed by atoms with Crippen LogP contribution in [0.5, 0.6) is 5.88 Å². The fourth-order valence-corrected chi connectivity index (χ4v) is 5.19. The van der Waals surface area contributed by atoms with E-state index in [0.717, 1.165) is 30.5 Å². The van der Waals surface area contributed by atoms with Gasteiger partial charge >= 0.3 is 12.3 Å². The van der Waals surface area contributed by atoms with Crippen LogP contribution in [0.15, 0.2) is 30.3 Å². The highest BCUT2D eigenvalue weighted by Crippen LogP contribution is 2.45. The second-order valence-corrected chi connectivity index (χ2v) is 9.20. The molecule has 1 amide bonds. The molecule has 1 aromatic carbocycles. The summed E-state index contributed by atoms with van der Waals surface area (Å²) in [6, 6.07) is 7.33. The van der Waals surface area contributed by atoms with Gasteiger partial charge in [-0.15, -0.1) is 11.3 Å². The van der Waals surface area contributed by atoms with Crippen molar-refractivity contribution in [3.05, 3.63) is 35.9 Å². The third kappa shape index (κ3) is 4.96. The Morgan fingerprint density at radius 3 is 2.54 bits per heavy atom. The molecular formula is C24H23F3N6O3S. The van der Waals surface area contributed by atoms with Gasteiger partial charge < -0.3 is 19.7 Å². The van der Waals surface area contributed by atoms with Gasteiger partial charge in [-0.25, -0.2) is 14.8 Å². The predicted octanol–water partition coefficient (Wildman–Crippen LogP) is 4.91. The number of pyridine rings is 1. The van der Waals surface area contributed by atoms with E-state index in [1.54, 1.807) is 31.2 Å². The lowest BCUT2D eigenvalue weighted by molar-refractivity contribution is -0.136. The summed E-state index contributed by atoms with van der Waals surface area (Å²) in [6.07, 6.45) is -5.30. The van der Waals surface area contributed by atoms with Crippen LogP contribution in [0.25, 0.3) is 31.7 Å². The first-order chi connectivity index (χ1) is 17.8. The number of halogens is 3. The van der Waals surface area contributed by atoms with Crippen LogP contribution in [-0.4, -0.2) is 60.9 Å². The maximum absolute atomic E-state index is 14.4. The molecule has 1 fully saturated rings. The molecule has 0 saturated carbocycles. The second-order valence-electron chi connectivity index (χ2n) is 8.21. The molecule has 1 saturated heterocycles.